The molecule has 0 aromatic heterocycles. The molecule has 0 radical (unpaired) electrons. The molecule has 2 unspecified atom stereocenters. The average Bonchev–Trinajstić information content (AvgIpc) is 2.36. The van der Waals surface area contributed by atoms with Crippen LogP contribution in [0.1, 0.15) is 25.5 Å². The van der Waals surface area contributed by atoms with Crippen LogP contribution in [0.3, 0.4) is 0 Å². The lowest BCUT2D eigenvalue weighted by atomic mass is 10.1. The summed E-state index contributed by atoms with van der Waals surface area (Å²) in [6.45, 7) is 3.24. The van der Waals surface area contributed by atoms with Gasteiger partial charge in [-0.3, -0.25) is 4.90 Å². The van der Waals surface area contributed by atoms with Crippen LogP contribution in [-0.4, -0.2) is 37.3 Å². The van der Waals surface area contributed by atoms with Crippen LogP contribution in [0.2, 0.25) is 5.02 Å². The maximum Gasteiger partial charge on any atom is 0.401 e. The van der Waals surface area contributed by atoms with Crippen molar-refractivity contribution in [1.82, 2.24) is 10.2 Å². The lowest BCUT2D eigenvalue weighted by molar-refractivity contribution is -0.125. The molecule has 0 spiro atoms. The van der Waals surface area contributed by atoms with Gasteiger partial charge in [0.05, 0.1) is 6.54 Å². The summed E-state index contributed by atoms with van der Waals surface area (Å²) < 4.78 is 36.2. The third-order valence-corrected chi connectivity index (χ3v) is 3.68. The highest BCUT2D eigenvalue weighted by atomic mass is 35.5. The molecule has 2 nitrogen and oxygen atoms in total. The number of halogens is 4. The summed E-state index contributed by atoms with van der Waals surface area (Å²) in [5, 5.41) is 3.10. The van der Waals surface area contributed by atoms with Gasteiger partial charge in [0.1, 0.15) is 0 Å². The minimum Gasteiger partial charge on any atom is -0.307 e. The summed E-state index contributed by atoms with van der Waals surface area (Å²) >= 11 is 5.84. The number of hydrogen-bond donors (Lipinski definition) is 1. The van der Waals surface area contributed by atoms with Gasteiger partial charge < -0.3 is 5.32 Å². The average molecular weight is 309 g/mol. The molecule has 0 fully saturated rings. The molecular formula is C14H20ClF3N2. The second kappa shape index (κ2) is 7.29. The SMILES string of the molecule is CC(CNCC(F)(F)F)N(C)C(C)c1ccc(Cl)cc1. The van der Waals surface area contributed by atoms with Crippen LogP contribution in [0.5, 0.6) is 0 Å². The molecule has 2 atom stereocenters. The van der Waals surface area contributed by atoms with Gasteiger partial charge in [0.15, 0.2) is 0 Å². The third kappa shape index (κ3) is 5.69. The zero-order valence-corrected chi connectivity index (χ0v) is 12.6. The van der Waals surface area contributed by atoms with Crippen LogP contribution in [0.25, 0.3) is 0 Å². The van der Waals surface area contributed by atoms with Crippen molar-refractivity contribution in [3.8, 4) is 0 Å². The highest BCUT2D eigenvalue weighted by Gasteiger charge is 2.27. The Morgan fingerprint density at radius 1 is 1.20 bits per heavy atom. The van der Waals surface area contributed by atoms with E-state index < -0.39 is 12.7 Å². The summed E-state index contributed by atoms with van der Waals surface area (Å²) in [7, 11) is 1.90. The topological polar surface area (TPSA) is 15.3 Å². The first-order valence-electron chi connectivity index (χ1n) is 6.45. The molecule has 1 N–H and O–H groups in total. The maximum atomic E-state index is 12.1. The van der Waals surface area contributed by atoms with Crippen molar-refractivity contribution >= 4 is 11.6 Å². The summed E-state index contributed by atoms with van der Waals surface area (Å²) in [5.41, 5.74) is 1.08. The van der Waals surface area contributed by atoms with Crippen molar-refractivity contribution in [3.05, 3.63) is 34.9 Å². The Labute approximate surface area is 122 Å². The van der Waals surface area contributed by atoms with Crippen molar-refractivity contribution in [2.24, 2.45) is 0 Å². The van der Waals surface area contributed by atoms with Crippen molar-refractivity contribution < 1.29 is 13.2 Å². The van der Waals surface area contributed by atoms with Crippen molar-refractivity contribution in [2.45, 2.75) is 32.1 Å². The predicted molar refractivity (Wildman–Crippen MR) is 76.0 cm³/mol. The lowest BCUT2D eigenvalue weighted by Gasteiger charge is -2.31. The van der Waals surface area contributed by atoms with E-state index >= 15 is 0 Å². The second-order valence-electron chi connectivity index (χ2n) is 4.99. The van der Waals surface area contributed by atoms with E-state index in [1.165, 1.54) is 0 Å². The van der Waals surface area contributed by atoms with Gasteiger partial charge in [-0.05, 0) is 38.6 Å². The largest absolute Gasteiger partial charge is 0.401 e. The Morgan fingerprint density at radius 3 is 2.25 bits per heavy atom. The summed E-state index contributed by atoms with van der Waals surface area (Å²) in [6, 6.07) is 7.58. The standard InChI is InChI=1S/C14H20ClF3N2/c1-10(8-19-9-14(16,17)18)20(3)11(2)12-4-6-13(15)7-5-12/h4-7,10-11,19H,8-9H2,1-3H3. The number of likely N-dealkylation sites (N-methyl/N-ethyl adjacent to an activating group) is 1. The first-order valence-corrected chi connectivity index (χ1v) is 6.83. The molecule has 0 bridgehead atoms. The van der Waals surface area contributed by atoms with E-state index in [9.17, 15) is 13.2 Å². The summed E-state index contributed by atoms with van der Waals surface area (Å²) in [6.07, 6.45) is -4.17. The molecule has 0 aliphatic rings. The summed E-state index contributed by atoms with van der Waals surface area (Å²) in [5.74, 6) is 0. The Hall–Kier alpha value is -0.780. The van der Waals surface area contributed by atoms with E-state index in [1.807, 2.05) is 50.1 Å². The number of rotatable bonds is 6. The fourth-order valence-electron chi connectivity index (χ4n) is 1.92. The van der Waals surface area contributed by atoms with Gasteiger partial charge in [0.25, 0.3) is 0 Å². The molecule has 0 saturated heterocycles. The van der Waals surface area contributed by atoms with Crippen molar-refractivity contribution in [2.75, 3.05) is 20.1 Å². The van der Waals surface area contributed by atoms with Crippen molar-refractivity contribution in [1.29, 1.82) is 0 Å². The Bertz CT molecular complexity index is 406. The minimum absolute atomic E-state index is 0.0111. The van der Waals surface area contributed by atoms with Gasteiger partial charge in [0, 0.05) is 23.7 Å². The predicted octanol–water partition coefficient (Wildman–Crippen LogP) is 3.87. The fourth-order valence-corrected chi connectivity index (χ4v) is 2.05. The second-order valence-corrected chi connectivity index (χ2v) is 5.42. The molecule has 6 heteroatoms. The quantitative estimate of drug-likeness (QED) is 0.858. The Balaban J connectivity index is 2.51. The third-order valence-electron chi connectivity index (χ3n) is 3.42. The molecule has 114 valence electrons. The zero-order valence-electron chi connectivity index (χ0n) is 11.8. The van der Waals surface area contributed by atoms with Crippen LogP contribution >= 0.6 is 11.6 Å². The van der Waals surface area contributed by atoms with E-state index in [2.05, 4.69) is 5.32 Å². The highest BCUT2D eigenvalue weighted by Crippen LogP contribution is 2.22. The number of alkyl halides is 3. The number of hydrogen-bond acceptors (Lipinski definition) is 2. The van der Waals surface area contributed by atoms with Crippen LogP contribution < -0.4 is 5.32 Å². The van der Waals surface area contributed by atoms with Crippen LogP contribution in [0.15, 0.2) is 24.3 Å². The maximum absolute atomic E-state index is 12.1. The zero-order chi connectivity index (χ0) is 15.3. The molecule has 1 aromatic carbocycles. The molecule has 0 aliphatic heterocycles. The van der Waals surface area contributed by atoms with E-state index in [4.69, 9.17) is 11.6 Å². The number of benzene rings is 1. The lowest BCUT2D eigenvalue weighted by Crippen LogP contribution is -2.41. The normalized spacial score (nSPS) is 15.4. The number of nitrogens with one attached hydrogen (secondary N) is 1. The molecule has 1 rings (SSSR count). The van der Waals surface area contributed by atoms with Gasteiger partial charge >= 0.3 is 6.18 Å². The highest BCUT2D eigenvalue weighted by molar-refractivity contribution is 6.30. The van der Waals surface area contributed by atoms with Crippen LogP contribution in [-0.2, 0) is 0 Å². The smallest absolute Gasteiger partial charge is 0.307 e. The van der Waals surface area contributed by atoms with Crippen LogP contribution in [0, 0.1) is 0 Å². The number of nitrogens with zero attached hydrogens (tertiary/aromatic N) is 1. The van der Waals surface area contributed by atoms with Gasteiger partial charge in [-0.15, -0.1) is 0 Å². The molecule has 20 heavy (non-hydrogen) atoms. The molecule has 0 amide bonds. The molecule has 0 aliphatic carbocycles. The van der Waals surface area contributed by atoms with E-state index in [1.54, 1.807) is 0 Å². The Morgan fingerprint density at radius 2 is 1.75 bits per heavy atom. The molecular weight excluding hydrogens is 289 g/mol. The summed E-state index contributed by atoms with van der Waals surface area (Å²) in [4.78, 5) is 2.03. The molecule has 0 saturated carbocycles. The van der Waals surface area contributed by atoms with Gasteiger partial charge in [-0.2, -0.15) is 13.2 Å². The Kier molecular flexibility index (Phi) is 6.30. The van der Waals surface area contributed by atoms with E-state index in [0.717, 1.165) is 5.56 Å². The van der Waals surface area contributed by atoms with Crippen LogP contribution in [0.4, 0.5) is 13.2 Å². The fraction of sp³-hybridized carbons (Fsp3) is 0.571. The molecule has 1 aromatic rings. The van der Waals surface area contributed by atoms with Crippen molar-refractivity contribution in [3.63, 3.8) is 0 Å². The van der Waals surface area contributed by atoms with E-state index in [-0.39, 0.29) is 18.6 Å². The first kappa shape index (κ1) is 17.3. The monoisotopic (exact) mass is 308 g/mol. The van der Waals surface area contributed by atoms with Gasteiger partial charge in [0.2, 0.25) is 0 Å². The van der Waals surface area contributed by atoms with E-state index in [0.29, 0.717) is 5.02 Å². The minimum atomic E-state index is -4.17. The van der Waals surface area contributed by atoms with Gasteiger partial charge in [-0.1, -0.05) is 23.7 Å². The van der Waals surface area contributed by atoms with Gasteiger partial charge in [-0.25, -0.2) is 0 Å². The molecule has 0 heterocycles. The first-order chi connectivity index (χ1) is 9.20.